The van der Waals surface area contributed by atoms with Crippen LogP contribution in [0.15, 0.2) is 200 Å². The first-order chi connectivity index (χ1) is 25.8. The zero-order chi connectivity index (χ0) is 34.2. The van der Waals surface area contributed by atoms with Crippen LogP contribution in [0.1, 0.15) is 22.3 Å². The minimum Gasteiger partial charge on any atom is -0.309 e. The molecule has 1 heteroatoms. The number of benzene rings is 9. The molecule has 0 aromatic heterocycles. The third kappa shape index (κ3) is 3.94. The first-order valence-electron chi connectivity index (χ1n) is 18.1. The highest BCUT2D eigenvalue weighted by molar-refractivity contribution is 6.15. The van der Waals surface area contributed by atoms with Gasteiger partial charge in [0.05, 0.1) is 16.8 Å². The van der Waals surface area contributed by atoms with Gasteiger partial charge in [0.15, 0.2) is 0 Å². The van der Waals surface area contributed by atoms with Gasteiger partial charge in [0.25, 0.3) is 0 Å². The molecule has 52 heavy (non-hydrogen) atoms. The van der Waals surface area contributed by atoms with Crippen molar-refractivity contribution in [2.75, 3.05) is 4.90 Å². The molecule has 1 spiro atoms. The van der Waals surface area contributed by atoms with Gasteiger partial charge >= 0.3 is 0 Å². The Kier molecular flexibility index (Phi) is 6.23. The van der Waals surface area contributed by atoms with Gasteiger partial charge in [-0.25, -0.2) is 0 Å². The van der Waals surface area contributed by atoms with E-state index < -0.39 is 5.41 Å². The number of nitrogens with zero attached hydrogens (tertiary/aromatic N) is 1. The fourth-order valence-corrected chi connectivity index (χ4v) is 9.38. The van der Waals surface area contributed by atoms with Crippen molar-refractivity contribution in [2.24, 2.45) is 0 Å². The van der Waals surface area contributed by atoms with E-state index in [1.54, 1.807) is 0 Å². The summed E-state index contributed by atoms with van der Waals surface area (Å²) in [6, 6.07) is 74.1. The number of hydrogen-bond donors (Lipinski definition) is 0. The largest absolute Gasteiger partial charge is 0.309 e. The molecule has 0 saturated heterocycles. The van der Waals surface area contributed by atoms with Gasteiger partial charge < -0.3 is 4.90 Å². The third-order valence-corrected chi connectivity index (χ3v) is 11.5. The molecule has 242 valence electrons. The zero-order valence-electron chi connectivity index (χ0n) is 28.5. The normalized spacial score (nSPS) is 13.2. The second-order valence-corrected chi connectivity index (χ2v) is 14.0. The van der Waals surface area contributed by atoms with Crippen molar-refractivity contribution in [3.8, 4) is 33.4 Å². The molecule has 0 fully saturated rings. The number of hydrogen-bond acceptors (Lipinski definition) is 1. The first kappa shape index (κ1) is 29.1. The molecule has 2 aliphatic carbocycles. The fraction of sp³-hybridized carbons (Fsp3) is 0.0196. The van der Waals surface area contributed by atoms with Gasteiger partial charge in [-0.15, -0.1) is 0 Å². The van der Waals surface area contributed by atoms with Crippen LogP contribution < -0.4 is 4.90 Å². The van der Waals surface area contributed by atoms with E-state index in [4.69, 9.17) is 0 Å². The van der Waals surface area contributed by atoms with Crippen molar-refractivity contribution in [3.63, 3.8) is 0 Å². The lowest BCUT2D eigenvalue weighted by Crippen LogP contribution is -2.26. The topological polar surface area (TPSA) is 3.24 Å². The number of fused-ring (bicyclic) bond motifs is 13. The van der Waals surface area contributed by atoms with Gasteiger partial charge in [0.1, 0.15) is 0 Å². The maximum Gasteiger partial charge on any atom is 0.0726 e. The minimum absolute atomic E-state index is 0.425. The van der Waals surface area contributed by atoms with Crippen molar-refractivity contribution >= 4 is 38.6 Å². The van der Waals surface area contributed by atoms with Crippen molar-refractivity contribution in [1.82, 2.24) is 0 Å². The van der Waals surface area contributed by atoms with Gasteiger partial charge in [0, 0.05) is 16.6 Å². The Bertz CT molecular complexity index is 2800. The Labute approximate surface area is 303 Å². The highest BCUT2D eigenvalue weighted by Gasteiger charge is 2.51. The second-order valence-electron chi connectivity index (χ2n) is 14.0. The highest BCUT2D eigenvalue weighted by Crippen LogP contribution is 2.63. The predicted octanol–water partition coefficient (Wildman–Crippen LogP) is 13.5. The zero-order valence-corrected chi connectivity index (χ0v) is 28.5. The molecule has 0 amide bonds. The van der Waals surface area contributed by atoms with E-state index in [0.717, 1.165) is 17.1 Å². The number of rotatable bonds is 4. The van der Waals surface area contributed by atoms with Crippen LogP contribution in [0.4, 0.5) is 17.1 Å². The van der Waals surface area contributed by atoms with Crippen molar-refractivity contribution in [1.29, 1.82) is 0 Å². The number of para-hydroxylation sites is 1. The molecule has 9 aromatic carbocycles. The molecule has 1 nitrogen and oxygen atoms in total. The van der Waals surface area contributed by atoms with Crippen LogP contribution in [0, 0.1) is 0 Å². The van der Waals surface area contributed by atoms with Crippen molar-refractivity contribution < 1.29 is 0 Å². The summed E-state index contributed by atoms with van der Waals surface area (Å²) in [6.45, 7) is 0. The molecule has 0 N–H and O–H groups in total. The van der Waals surface area contributed by atoms with Crippen LogP contribution in [0.5, 0.6) is 0 Å². The molecule has 0 bridgehead atoms. The van der Waals surface area contributed by atoms with E-state index in [2.05, 4.69) is 205 Å². The van der Waals surface area contributed by atoms with E-state index in [0.29, 0.717) is 0 Å². The van der Waals surface area contributed by atoms with E-state index in [9.17, 15) is 0 Å². The lowest BCUT2D eigenvalue weighted by molar-refractivity contribution is 0.793. The van der Waals surface area contributed by atoms with E-state index >= 15 is 0 Å². The summed E-state index contributed by atoms with van der Waals surface area (Å²) < 4.78 is 0. The van der Waals surface area contributed by atoms with Gasteiger partial charge in [-0.1, -0.05) is 176 Å². The molecule has 0 heterocycles. The van der Waals surface area contributed by atoms with Crippen molar-refractivity contribution in [2.45, 2.75) is 5.41 Å². The van der Waals surface area contributed by atoms with Gasteiger partial charge in [-0.3, -0.25) is 0 Å². The summed E-state index contributed by atoms with van der Waals surface area (Å²) in [4.78, 5) is 2.51. The van der Waals surface area contributed by atoms with Crippen LogP contribution in [0.3, 0.4) is 0 Å². The van der Waals surface area contributed by atoms with E-state index in [-0.39, 0.29) is 0 Å². The maximum absolute atomic E-state index is 2.51. The van der Waals surface area contributed by atoms with Crippen LogP contribution >= 0.6 is 0 Å². The summed E-state index contributed by atoms with van der Waals surface area (Å²) in [6.07, 6.45) is 0. The molecule has 0 atom stereocenters. The SMILES string of the molecule is c1ccc(-c2ccccc2N(c2ccc3c(c2)C2(c4ccccc4-c4ccccc42)c2ccccc2-3)c2cc3ccccc3c3ccccc23)cc1. The first-order valence-corrected chi connectivity index (χ1v) is 18.1. The maximum atomic E-state index is 2.51. The highest BCUT2D eigenvalue weighted by atomic mass is 15.1. The Morgan fingerprint density at radius 1 is 0.308 bits per heavy atom. The van der Waals surface area contributed by atoms with Crippen LogP contribution in [-0.4, -0.2) is 0 Å². The van der Waals surface area contributed by atoms with Gasteiger partial charge in [0.2, 0.25) is 0 Å². The lowest BCUT2D eigenvalue weighted by atomic mass is 9.70. The summed E-state index contributed by atoms with van der Waals surface area (Å²) in [5.74, 6) is 0. The molecule has 0 aliphatic heterocycles. The van der Waals surface area contributed by atoms with Gasteiger partial charge in [-0.05, 0) is 90.5 Å². The summed E-state index contributed by atoms with van der Waals surface area (Å²) in [5.41, 5.74) is 16.0. The Balaban J connectivity index is 1.25. The van der Waals surface area contributed by atoms with Crippen LogP contribution in [0.25, 0.3) is 54.9 Å². The minimum atomic E-state index is -0.425. The molecular formula is C51H33N. The van der Waals surface area contributed by atoms with E-state index in [1.165, 1.54) is 77.2 Å². The lowest BCUT2D eigenvalue weighted by Gasteiger charge is -2.33. The monoisotopic (exact) mass is 659 g/mol. The fourth-order valence-electron chi connectivity index (χ4n) is 9.38. The molecular weight excluding hydrogens is 627 g/mol. The summed E-state index contributed by atoms with van der Waals surface area (Å²) in [7, 11) is 0. The second kappa shape index (κ2) is 11.2. The molecule has 2 aliphatic rings. The average Bonchev–Trinajstić information content (AvgIpc) is 3.69. The molecule has 0 radical (unpaired) electrons. The van der Waals surface area contributed by atoms with Crippen LogP contribution in [-0.2, 0) is 5.41 Å². The smallest absolute Gasteiger partial charge is 0.0726 e. The Morgan fingerprint density at radius 2 is 0.808 bits per heavy atom. The third-order valence-electron chi connectivity index (χ3n) is 11.5. The van der Waals surface area contributed by atoms with Gasteiger partial charge in [-0.2, -0.15) is 0 Å². The average molecular weight is 660 g/mol. The predicted molar refractivity (Wildman–Crippen MR) is 218 cm³/mol. The Morgan fingerprint density at radius 3 is 1.48 bits per heavy atom. The van der Waals surface area contributed by atoms with E-state index in [1.807, 2.05) is 0 Å². The molecule has 0 saturated carbocycles. The van der Waals surface area contributed by atoms with Crippen LogP contribution in [0.2, 0.25) is 0 Å². The summed E-state index contributed by atoms with van der Waals surface area (Å²) in [5, 5.41) is 4.96. The number of anilines is 3. The Hall–Kier alpha value is -6.70. The summed E-state index contributed by atoms with van der Waals surface area (Å²) >= 11 is 0. The quantitative estimate of drug-likeness (QED) is 0.170. The molecule has 11 rings (SSSR count). The molecule has 0 unspecified atom stereocenters. The van der Waals surface area contributed by atoms with Crippen molar-refractivity contribution in [3.05, 3.63) is 222 Å². The standard InChI is InChI=1S/C51H33N/c1-2-16-34(17-3-1)38-20-11-15-29-49(38)52(50-32-35-18-4-5-19-37(35)39-21-6-7-25-44(39)50)36-30-31-43-42-24-10-14-28-47(42)51(48(43)33-36)45-26-12-8-22-40(45)41-23-9-13-27-46(41)51/h1-33H. The molecule has 9 aromatic rings.